The minimum absolute atomic E-state index is 0.0247. The van der Waals surface area contributed by atoms with Crippen molar-refractivity contribution in [1.82, 2.24) is 33.9 Å². The largest absolute Gasteiger partial charge is 0.505 e. The van der Waals surface area contributed by atoms with E-state index in [2.05, 4.69) is 21.4 Å². The van der Waals surface area contributed by atoms with Gasteiger partial charge in [-0.2, -0.15) is 5.26 Å². The van der Waals surface area contributed by atoms with E-state index >= 15 is 0 Å². The minimum Gasteiger partial charge on any atom is -0.505 e. The Bertz CT molecular complexity index is 2590. The van der Waals surface area contributed by atoms with Crippen LogP contribution >= 0.6 is 22.7 Å². The summed E-state index contributed by atoms with van der Waals surface area (Å²) in [6.07, 6.45) is 11.2. The van der Waals surface area contributed by atoms with Crippen LogP contribution in [0.15, 0.2) is 58.4 Å². The molecule has 0 aromatic carbocycles. The van der Waals surface area contributed by atoms with Gasteiger partial charge >= 0.3 is 6.09 Å². The summed E-state index contributed by atoms with van der Waals surface area (Å²) in [5, 5.41) is 22.0. The number of nitrogens with one attached hydrogen (secondary N) is 1. The van der Waals surface area contributed by atoms with E-state index in [1.165, 1.54) is 8.80 Å². The summed E-state index contributed by atoms with van der Waals surface area (Å²) in [5.41, 5.74) is 0.228. The van der Waals surface area contributed by atoms with Crippen LogP contribution in [0.2, 0.25) is 0 Å². The number of rotatable bonds is 8. The maximum absolute atomic E-state index is 13.3. The molecule has 0 bridgehead atoms. The number of hydrogen-bond acceptors (Lipinski definition) is 12. The van der Waals surface area contributed by atoms with Crippen LogP contribution in [0.1, 0.15) is 83.6 Å². The number of carbonyl (C=O) groups excluding carboxylic acids is 3. The number of nitrogens with zero attached hydrogens (tertiary/aromatic N) is 7. The first-order chi connectivity index (χ1) is 27.3. The fourth-order valence-corrected chi connectivity index (χ4v) is 8.99. The predicted octanol–water partition coefficient (Wildman–Crippen LogP) is 5.95. The maximum Gasteiger partial charge on any atom is 0.412 e. The third kappa shape index (κ3) is 7.93. The molecule has 6 aromatic heterocycles. The highest BCUT2D eigenvalue weighted by Gasteiger charge is 2.30. The molecule has 2 N–H and O–H groups in total. The summed E-state index contributed by atoms with van der Waals surface area (Å²) < 4.78 is 8.33. The van der Waals surface area contributed by atoms with Gasteiger partial charge in [-0.1, -0.05) is 18.6 Å². The molecule has 290 valence electrons. The number of pyridine rings is 2. The molecule has 2 aliphatic rings. The Morgan fingerprint density at radius 3 is 1.88 bits per heavy atom. The second-order valence-corrected chi connectivity index (χ2v) is 15.6. The van der Waals surface area contributed by atoms with Crippen LogP contribution in [0.3, 0.4) is 0 Å². The first-order valence-corrected chi connectivity index (χ1v) is 20.4. The lowest BCUT2D eigenvalue weighted by Crippen LogP contribution is -2.35. The van der Waals surface area contributed by atoms with Gasteiger partial charge in [-0.05, 0) is 75.6 Å². The van der Waals surface area contributed by atoms with Crippen molar-refractivity contribution in [3.63, 3.8) is 0 Å². The lowest BCUT2D eigenvalue weighted by molar-refractivity contribution is 0.0719. The Balaban J connectivity index is 0.000000182. The van der Waals surface area contributed by atoms with Crippen LogP contribution in [-0.2, 0) is 0 Å². The SMILES string of the molecule is N#CCCCCCNC(=O)Oc1c(C(=O)N2CCCCC2)sc2nc3ccccn3c(=O)c12.O=C(c1sc2nc3ccccn3c(=O)c2c1O)N1CCCCC1. The molecule has 3 amide bonds. The number of fused-ring (bicyclic) bond motifs is 4. The van der Waals surface area contributed by atoms with Crippen LogP contribution in [-0.4, -0.2) is 84.3 Å². The lowest BCUT2D eigenvalue weighted by atomic mass is 10.1. The predicted molar refractivity (Wildman–Crippen MR) is 213 cm³/mol. The molecule has 2 fully saturated rings. The van der Waals surface area contributed by atoms with Gasteiger partial charge in [0.05, 0.1) is 6.07 Å². The smallest absolute Gasteiger partial charge is 0.412 e. The van der Waals surface area contributed by atoms with Gasteiger partial charge in [-0.3, -0.25) is 28.0 Å². The molecule has 0 saturated carbocycles. The Kier molecular flexibility index (Phi) is 11.9. The van der Waals surface area contributed by atoms with Crippen LogP contribution in [0, 0.1) is 11.3 Å². The van der Waals surface area contributed by atoms with E-state index in [1.807, 2.05) is 0 Å². The first kappa shape index (κ1) is 38.4. The van der Waals surface area contributed by atoms with Gasteiger partial charge in [-0.25, -0.2) is 14.8 Å². The minimum atomic E-state index is -0.722. The standard InChI is InChI=1S/C23H25N5O4S.C16H15N3O3S/c24-11-5-1-2-6-12-25-23(31)32-18-17-20(26-16-10-4-9-15-28(16)21(17)29)33-19(18)22(30)27-13-7-3-8-14-27;20-12-11-14(17-10-6-2-5-9-19(10)15(11)21)23-13(12)16(22)18-7-3-1-4-8-18/h4,9-10,15H,1-3,5-8,12-14H2,(H,25,31);2,5-6,9,20H,1,3-4,7-8H2. The van der Waals surface area contributed by atoms with Crippen molar-refractivity contribution in [2.75, 3.05) is 32.7 Å². The second kappa shape index (κ2) is 17.3. The number of carbonyl (C=O) groups is 3. The Labute approximate surface area is 328 Å². The van der Waals surface area contributed by atoms with E-state index in [9.17, 15) is 29.1 Å². The van der Waals surface area contributed by atoms with Gasteiger partial charge in [-0.15, -0.1) is 22.7 Å². The van der Waals surface area contributed by atoms with Gasteiger partial charge in [0.2, 0.25) is 0 Å². The highest BCUT2D eigenvalue weighted by molar-refractivity contribution is 7.21. The molecule has 8 heterocycles. The average molecular weight is 797 g/mol. The molecule has 2 aliphatic heterocycles. The number of ether oxygens (including phenoxy) is 1. The van der Waals surface area contributed by atoms with Crippen molar-refractivity contribution < 1.29 is 24.2 Å². The van der Waals surface area contributed by atoms with E-state index in [-0.39, 0.29) is 55.0 Å². The number of likely N-dealkylation sites (tertiary alicyclic amines) is 2. The molecule has 8 rings (SSSR count). The number of amides is 3. The Hall–Kier alpha value is -5.86. The van der Waals surface area contributed by atoms with Crippen molar-refractivity contribution in [3.8, 4) is 17.6 Å². The number of aromatic nitrogens is 4. The van der Waals surface area contributed by atoms with Crippen molar-refractivity contribution in [2.24, 2.45) is 0 Å². The first-order valence-electron chi connectivity index (χ1n) is 18.7. The van der Waals surface area contributed by atoms with Crippen LogP contribution in [0.5, 0.6) is 11.5 Å². The van der Waals surface area contributed by atoms with Crippen LogP contribution in [0.25, 0.3) is 31.7 Å². The molecule has 17 heteroatoms. The lowest BCUT2D eigenvalue weighted by Gasteiger charge is -2.26. The van der Waals surface area contributed by atoms with Crippen molar-refractivity contribution in [3.05, 3.63) is 79.3 Å². The molecule has 0 radical (unpaired) electrons. The molecule has 2 saturated heterocycles. The molecule has 15 nitrogen and oxygen atoms in total. The molecule has 0 unspecified atom stereocenters. The topological polar surface area (TPSA) is 192 Å². The zero-order valence-corrected chi connectivity index (χ0v) is 32.2. The number of aromatic hydroxyl groups is 1. The van der Waals surface area contributed by atoms with Crippen molar-refractivity contribution >= 4 is 72.3 Å². The highest BCUT2D eigenvalue weighted by Crippen LogP contribution is 2.37. The van der Waals surface area contributed by atoms with E-state index < -0.39 is 6.09 Å². The van der Waals surface area contributed by atoms with E-state index in [1.54, 1.807) is 58.6 Å². The van der Waals surface area contributed by atoms with Crippen molar-refractivity contribution in [2.45, 2.75) is 64.2 Å². The number of thiophene rings is 2. The molecular formula is C39H40N8O7S2. The van der Waals surface area contributed by atoms with Gasteiger partial charge < -0.3 is 25.0 Å². The summed E-state index contributed by atoms with van der Waals surface area (Å²) in [6.45, 7) is 3.04. The highest BCUT2D eigenvalue weighted by atomic mass is 32.1. The fourth-order valence-electron chi connectivity index (χ4n) is 6.89. The normalized spacial score (nSPS) is 14.4. The molecule has 6 aromatic rings. The summed E-state index contributed by atoms with van der Waals surface area (Å²) >= 11 is 2.17. The Morgan fingerprint density at radius 1 is 0.750 bits per heavy atom. The number of nitriles is 1. The van der Waals surface area contributed by atoms with E-state index in [0.29, 0.717) is 66.5 Å². The molecular weight excluding hydrogens is 757 g/mol. The summed E-state index contributed by atoms with van der Waals surface area (Å²) in [4.78, 5) is 77.9. The zero-order valence-electron chi connectivity index (χ0n) is 30.6. The van der Waals surface area contributed by atoms with Gasteiger partial charge in [0.25, 0.3) is 22.9 Å². The summed E-state index contributed by atoms with van der Waals surface area (Å²) in [6, 6.07) is 12.5. The average Bonchev–Trinajstić information content (AvgIpc) is 3.76. The van der Waals surface area contributed by atoms with Crippen molar-refractivity contribution in [1.29, 1.82) is 5.26 Å². The van der Waals surface area contributed by atoms with E-state index in [0.717, 1.165) is 74.0 Å². The third-order valence-electron chi connectivity index (χ3n) is 9.79. The van der Waals surface area contributed by atoms with Gasteiger partial charge in [0.15, 0.2) is 11.5 Å². The van der Waals surface area contributed by atoms with Gasteiger partial charge in [0.1, 0.15) is 41.5 Å². The third-order valence-corrected chi connectivity index (χ3v) is 11.9. The monoisotopic (exact) mass is 796 g/mol. The Morgan fingerprint density at radius 2 is 1.29 bits per heavy atom. The fraction of sp³-hybridized carbons (Fsp3) is 0.385. The number of unbranched alkanes of at least 4 members (excludes halogenated alkanes) is 3. The summed E-state index contributed by atoms with van der Waals surface area (Å²) in [7, 11) is 0. The maximum atomic E-state index is 13.3. The van der Waals surface area contributed by atoms with Crippen LogP contribution < -0.4 is 21.2 Å². The molecule has 0 spiro atoms. The number of piperidine rings is 2. The van der Waals surface area contributed by atoms with E-state index in [4.69, 9.17) is 10.00 Å². The quantitative estimate of drug-likeness (QED) is 0.174. The summed E-state index contributed by atoms with van der Waals surface area (Å²) in [5.74, 6) is -0.719. The zero-order chi connectivity index (χ0) is 39.2. The van der Waals surface area contributed by atoms with Crippen LogP contribution in [0.4, 0.5) is 4.79 Å². The van der Waals surface area contributed by atoms with Gasteiger partial charge in [0, 0.05) is 51.5 Å². The molecule has 56 heavy (non-hydrogen) atoms. The molecule has 0 atom stereocenters. The molecule has 0 aliphatic carbocycles. The number of hydrogen-bond donors (Lipinski definition) is 2. The second-order valence-electron chi connectivity index (χ2n) is 13.6.